The molecule has 3 aromatic rings. The molecule has 170 valence electrons. The fourth-order valence-electron chi connectivity index (χ4n) is 4.87. The van der Waals surface area contributed by atoms with Crippen molar-refractivity contribution < 1.29 is 9.59 Å². The van der Waals surface area contributed by atoms with Crippen molar-refractivity contribution in [2.45, 2.75) is 32.1 Å². The quantitative estimate of drug-likeness (QED) is 0.595. The first kappa shape index (κ1) is 22.7. The topological polar surface area (TPSA) is 62.3 Å². The van der Waals surface area contributed by atoms with Gasteiger partial charge >= 0.3 is 0 Å². The summed E-state index contributed by atoms with van der Waals surface area (Å²) in [5, 5.41) is 2.87. The highest BCUT2D eigenvalue weighted by Gasteiger charge is 2.42. The molecule has 1 atom stereocenters. The van der Waals surface area contributed by atoms with Crippen molar-refractivity contribution in [2.75, 3.05) is 20.1 Å². The first-order valence-electron chi connectivity index (χ1n) is 11.6. The third-order valence-electron chi connectivity index (χ3n) is 6.59. The van der Waals surface area contributed by atoms with Crippen LogP contribution < -0.4 is 5.32 Å². The summed E-state index contributed by atoms with van der Waals surface area (Å²) in [6.45, 7) is 1.17. The number of carbonyl (C=O) groups excluding carboxylic acids is 2. The van der Waals surface area contributed by atoms with Crippen LogP contribution in [0.1, 0.15) is 30.4 Å². The maximum Gasteiger partial charge on any atom is 0.228 e. The maximum absolute atomic E-state index is 13.1. The number of hydrogen-bond donors (Lipinski definition) is 1. The number of aromatic nitrogens is 1. The zero-order chi connectivity index (χ0) is 23.1. The van der Waals surface area contributed by atoms with Crippen LogP contribution in [0.2, 0.25) is 0 Å². The molecule has 1 saturated heterocycles. The Kier molecular flexibility index (Phi) is 7.18. The fourth-order valence-corrected chi connectivity index (χ4v) is 4.87. The molecule has 2 heterocycles. The maximum atomic E-state index is 13.1. The van der Waals surface area contributed by atoms with Crippen LogP contribution in [0.25, 0.3) is 11.1 Å². The molecule has 2 aromatic carbocycles. The number of likely N-dealkylation sites (tertiary alicyclic amines) is 1. The average molecular weight is 442 g/mol. The summed E-state index contributed by atoms with van der Waals surface area (Å²) >= 11 is 0. The van der Waals surface area contributed by atoms with Crippen LogP contribution in [0.5, 0.6) is 0 Å². The molecular weight excluding hydrogens is 410 g/mol. The van der Waals surface area contributed by atoms with Crippen LogP contribution in [0.4, 0.5) is 0 Å². The Labute approximate surface area is 195 Å². The zero-order valence-corrected chi connectivity index (χ0v) is 19.2. The number of piperidine rings is 1. The van der Waals surface area contributed by atoms with Gasteiger partial charge in [-0.05, 0) is 60.1 Å². The van der Waals surface area contributed by atoms with Crippen molar-refractivity contribution >= 4 is 11.8 Å². The zero-order valence-electron chi connectivity index (χ0n) is 19.2. The van der Waals surface area contributed by atoms with Gasteiger partial charge in [0.25, 0.3) is 0 Å². The smallest absolute Gasteiger partial charge is 0.228 e. The molecule has 5 nitrogen and oxygen atoms in total. The van der Waals surface area contributed by atoms with Crippen molar-refractivity contribution in [3.63, 3.8) is 0 Å². The van der Waals surface area contributed by atoms with Gasteiger partial charge in [-0.25, -0.2) is 0 Å². The Morgan fingerprint density at radius 2 is 1.73 bits per heavy atom. The number of pyridine rings is 1. The first-order valence-corrected chi connectivity index (χ1v) is 11.6. The summed E-state index contributed by atoms with van der Waals surface area (Å²) in [6.07, 6.45) is 6.96. The summed E-state index contributed by atoms with van der Waals surface area (Å²) < 4.78 is 0. The van der Waals surface area contributed by atoms with Crippen LogP contribution in [-0.2, 0) is 22.4 Å². The van der Waals surface area contributed by atoms with Crippen molar-refractivity contribution in [2.24, 2.45) is 5.41 Å². The Bertz CT molecular complexity index is 1080. The standard InChI is InChI=1S/C28H31N3O2/c1-29-27(33)28(20-23-9-5-10-25(19-23)24-13-16-30-17-14-24)15-6-18-31(21-28)26(32)12-11-22-7-3-2-4-8-22/h2-5,7-10,13-14,16-17,19H,6,11-12,15,18,20-21H2,1H3,(H,29,33). The lowest BCUT2D eigenvalue weighted by Crippen LogP contribution is -2.54. The van der Waals surface area contributed by atoms with Crippen molar-refractivity contribution in [1.82, 2.24) is 15.2 Å². The van der Waals surface area contributed by atoms with Gasteiger partial charge in [0.2, 0.25) is 11.8 Å². The second kappa shape index (κ2) is 10.4. The molecule has 1 aromatic heterocycles. The van der Waals surface area contributed by atoms with Gasteiger partial charge in [-0.1, -0.05) is 54.6 Å². The predicted octanol–water partition coefficient (Wildman–Crippen LogP) is 4.28. The average Bonchev–Trinajstić information content (AvgIpc) is 2.88. The Morgan fingerprint density at radius 3 is 2.48 bits per heavy atom. The number of aryl methyl sites for hydroxylation is 1. The Balaban J connectivity index is 1.51. The molecule has 1 fully saturated rings. The van der Waals surface area contributed by atoms with Gasteiger partial charge in [-0.2, -0.15) is 0 Å². The largest absolute Gasteiger partial charge is 0.359 e. The highest BCUT2D eigenvalue weighted by molar-refractivity contribution is 5.85. The second-order valence-electron chi connectivity index (χ2n) is 8.88. The summed E-state index contributed by atoms with van der Waals surface area (Å²) in [5.74, 6) is 0.134. The second-order valence-corrected chi connectivity index (χ2v) is 8.88. The van der Waals surface area contributed by atoms with E-state index in [9.17, 15) is 9.59 Å². The molecule has 0 spiro atoms. The van der Waals surface area contributed by atoms with E-state index in [-0.39, 0.29) is 11.8 Å². The van der Waals surface area contributed by atoms with Crippen LogP contribution in [-0.4, -0.2) is 41.8 Å². The highest BCUT2D eigenvalue weighted by Crippen LogP contribution is 2.35. The Hall–Kier alpha value is -3.47. The minimum absolute atomic E-state index is 0.0115. The van der Waals surface area contributed by atoms with Gasteiger partial charge in [0.05, 0.1) is 5.41 Å². The van der Waals surface area contributed by atoms with Gasteiger partial charge in [-0.3, -0.25) is 14.6 Å². The molecule has 2 amide bonds. The number of hydrogen-bond acceptors (Lipinski definition) is 3. The fraction of sp³-hybridized carbons (Fsp3) is 0.321. The van der Waals surface area contributed by atoms with E-state index in [4.69, 9.17) is 0 Å². The van der Waals surface area contributed by atoms with Crippen LogP contribution >= 0.6 is 0 Å². The van der Waals surface area contributed by atoms with E-state index in [1.807, 2.05) is 53.4 Å². The lowest BCUT2D eigenvalue weighted by atomic mass is 9.74. The summed E-state index contributed by atoms with van der Waals surface area (Å²) in [5.41, 5.74) is 3.85. The van der Waals surface area contributed by atoms with Gasteiger partial charge < -0.3 is 10.2 Å². The summed E-state index contributed by atoms with van der Waals surface area (Å²) in [4.78, 5) is 32.2. The number of rotatable bonds is 7. The molecule has 33 heavy (non-hydrogen) atoms. The molecule has 4 rings (SSSR count). The van der Waals surface area contributed by atoms with E-state index in [0.717, 1.165) is 41.5 Å². The SMILES string of the molecule is CNC(=O)C1(Cc2cccc(-c3ccncc3)c2)CCCN(C(=O)CCc2ccccc2)C1. The van der Waals surface area contributed by atoms with Gasteiger partial charge in [0.15, 0.2) is 0 Å². The molecule has 1 aliphatic rings. The minimum atomic E-state index is -0.619. The predicted molar refractivity (Wildman–Crippen MR) is 130 cm³/mol. The lowest BCUT2D eigenvalue weighted by molar-refractivity contribution is -0.141. The minimum Gasteiger partial charge on any atom is -0.359 e. The molecule has 0 aliphatic carbocycles. The van der Waals surface area contributed by atoms with Gasteiger partial charge in [-0.15, -0.1) is 0 Å². The third-order valence-corrected chi connectivity index (χ3v) is 6.59. The van der Waals surface area contributed by atoms with E-state index in [1.54, 1.807) is 19.4 Å². The number of amides is 2. The summed E-state index contributed by atoms with van der Waals surface area (Å²) in [6, 6.07) is 22.4. The Morgan fingerprint density at radius 1 is 0.970 bits per heavy atom. The van der Waals surface area contributed by atoms with E-state index >= 15 is 0 Å². The van der Waals surface area contributed by atoms with Gasteiger partial charge in [0.1, 0.15) is 0 Å². The molecule has 5 heteroatoms. The van der Waals surface area contributed by atoms with Gasteiger partial charge in [0, 0.05) is 39.0 Å². The molecule has 0 radical (unpaired) electrons. The van der Waals surface area contributed by atoms with Crippen molar-refractivity contribution in [3.05, 3.63) is 90.3 Å². The highest BCUT2D eigenvalue weighted by atomic mass is 16.2. The normalized spacial score (nSPS) is 18.0. The number of nitrogens with zero attached hydrogens (tertiary/aromatic N) is 2. The number of benzene rings is 2. The van der Waals surface area contributed by atoms with E-state index < -0.39 is 5.41 Å². The molecule has 1 unspecified atom stereocenters. The number of carbonyl (C=O) groups is 2. The molecule has 0 saturated carbocycles. The lowest BCUT2D eigenvalue weighted by Gasteiger charge is -2.41. The van der Waals surface area contributed by atoms with Crippen LogP contribution in [0.3, 0.4) is 0 Å². The van der Waals surface area contributed by atoms with E-state index in [0.29, 0.717) is 25.9 Å². The third kappa shape index (κ3) is 5.48. The van der Waals surface area contributed by atoms with Crippen LogP contribution in [0, 0.1) is 5.41 Å². The molecule has 1 aliphatic heterocycles. The molecular formula is C28H31N3O2. The van der Waals surface area contributed by atoms with E-state index in [1.165, 1.54) is 0 Å². The van der Waals surface area contributed by atoms with Crippen molar-refractivity contribution in [3.8, 4) is 11.1 Å². The summed E-state index contributed by atoms with van der Waals surface area (Å²) in [7, 11) is 1.69. The number of nitrogens with one attached hydrogen (secondary N) is 1. The monoisotopic (exact) mass is 441 g/mol. The molecule has 1 N–H and O–H groups in total. The first-order chi connectivity index (χ1) is 16.1. The van der Waals surface area contributed by atoms with E-state index in [2.05, 4.69) is 28.5 Å². The van der Waals surface area contributed by atoms with Crippen molar-refractivity contribution in [1.29, 1.82) is 0 Å². The van der Waals surface area contributed by atoms with Crippen LogP contribution in [0.15, 0.2) is 79.1 Å². The molecule has 0 bridgehead atoms.